The predicted molar refractivity (Wildman–Crippen MR) is 63.3 cm³/mol. The largest absolute Gasteiger partial charge is 0.298 e. The molecule has 0 aliphatic carbocycles. The van der Waals surface area contributed by atoms with Gasteiger partial charge in [-0.3, -0.25) is 4.79 Å². The number of carbonyl (C=O) groups excluding carboxylic acids is 1. The molecular formula is C12H14N4O. The number of rotatable bonds is 4. The number of hydrogen-bond donors (Lipinski definition) is 0. The maximum absolute atomic E-state index is 11.1. The van der Waals surface area contributed by atoms with Crippen molar-refractivity contribution in [3.63, 3.8) is 0 Å². The van der Waals surface area contributed by atoms with Crippen molar-refractivity contribution in [2.24, 2.45) is 0 Å². The summed E-state index contributed by atoms with van der Waals surface area (Å²) < 4.78 is 1.66. The van der Waals surface area contributed by atoms with E-state index in [-0.39, 0.29) is 0 Å². The number of hydrogen-bond acceptors (Lipinski definition) is 4. The third-order valence-electron chi connectivity index (χ3n) is 2.63. The summed E-state index contributed by atoms with van der Waals surface area (Å²) in [5.41, 5.74) is 2.33. The van der Waals surface area contributed by atoms with Gasteiger partial charge in [-0.2, -0.15) is 5.10 Å². The smallest absolute Gasteiger partial charge is 0.250 e. The molecule has 0 aliphatic rings. The lowest BCUT2D eigenvalue weighted by molar-refractivity contribution is 0.112. The summed E-state index contributed by atoms with van der Waals surface area (Å²) in [6, 6.07) is 1.75. The van der Waals surface area contributed by atoms with Gasteiger partial charge in [-0.1, -0.05) is 13.8 Å². The molecule has 2 heterocycles. The Morgan fingerprint density at radius 3 is 2.47 bits per heavy atom. The summed E-state index contributed by atoms with van der Waals surface area (Å²) in [7, 11) is 0. The Balaban J connectivity index is 2.62. The summed E-state index contributed by atoms with van der Waals surface area (Å²) in [6.07, 6.45) is 5.63. The number of aldehydes is 1. The number of aryl methyl sites for hydroxylation is 1. The van der Waals surface area contributed by atoms with Crippen LogP contribution in [0.2, 0.25) is 0 Å². The molecule has 88 valence electrons. The highest BCUT2D eigenvalue weighted by Gasteiger charge is 2.16. The van der Waals surface area contributed by atoms with Crippen LogP contribution < -0.4 is 0 Å². The van der Waals surface area contributed by atoms with Gasteiger partial charge in [0.25, 0.3) is 5.95 Å². The first kappa shape index (κ1) is 11.4. The van der Waals surface area contributed by atoms with Crippen LogP contribution in [-0.4, -0.2) is 26.0 Å². The van der Waals surface area contributed by atoms with Crippen LogP contribution in [0.25, 0.3) is 5.95 Å². The zero-order chi connectivity index (χ0) is 12.3. The van der Waals surface area contributed by atoms with E-state index in [0.29, 0.717) is 11.5 Å². The highest BCUT2D eigenvalue weighted by molar-refractivity contribution is 5.78. The minimum atomic E-state index is 0.507. The molecule has 5 nitrogen and oxygen atoms in total. The fourth-order valence-corrected chi connectivity index (χ4v) is 1.82. The Hall–Kier alpha value is -2.04. The monoisotopic (exact) mass is 230 g/mol. The first-order valence-corrected chi connectivity index (χ1v) is 5.65. The minimum Gasteiger partial charge on any atom is -0.298 e. The number of aromatic nitrogens is 4. The van der Waals surface area contributed by atoms with Crippen molar-refractivity contribution in [2.75, 3.05) is 0 Å². The molecule has 0 aromatic carbocycles. The molecule has 17 heavy (non-hydrogen) atoms. The first-order valence-electron chi connectivity index (χ1n) is 5.65. The molecule has 0 N–H and O–H groups in total. The second-order valence-electron chi connectivity index (χ2n) is 3.59. The molecule has 5 heteroatoms. The van der Waals surface area contributed by atoms with Crippen LogP contribution >= 0.6 is 0 Å². The van der Waals surface area contributed by atoms with Gasteiger partial charge in [0, 0.05) is 12.4 Å². The molecule has 0 radical (unpaired) electrons. The standard InChI is InChI=1S/C12H14N4O/c1-3-10-9(8-17)11(4-2)16(15-10)12-13-6-5-7-14-12/h5-8H,3-4H2,1-2H3. The van der Waals surface area contributed by atoms with Crippen LogP contribution in [0, 0.1) is 0 Å². The molecule has 0 atom stereocenters. The van der Waals surface area contributed by atoms with E-state index in [0.717, 1.165) is 30.5 Å². The van der Waals surface area contributed by atoms with E-state index in [1.165, 1.54) is 0 Å². The van der Waals surface area contributed by atoms with Gasteiger partial charge in [0.05, 0.1) is 17.0 Å². The van der Waals surface area contributed by atoms with Crippen molar-refractivity contribution in [2.45, 2.75) is 26.7 Å². The summed E-state index contributed by atoms with van der Waals surface area (Å²) >= 11 is 0. The first-order chi connectivity index (χ1) is 8.31. The summed E-state index contributed by atoms with van der Waals surface area (Å²) in [4.78, 5) is 19.4. The van der Waals surface area contributed by atoms with Crippen LogP contribution in [0.3, 0.4) is 0 Å². The Morgan fingerprint density at radius 2 is 1.94 bits per heavy atom. The van der Waals surface area contributed by atoms with Crippen molar-refractivity contribution in [3.05, 3.63) is 35.4 Å². The molecule has 0 spiro atoms. The molecule has 2 aromatic heterocycles. The number of carbonyl (C=O) groups is 1. The van der Waals surface area contributed by atoms with Gasteiger partial charge in [0.1, 0.15) is 0 Å². The Bertz CT molecular complexity index is 519. The lowest BCUT2D eigenvalue weighted by Gasteiger charge is -2.02. The average molecular weight is 230 g/mol. The van der Waals surface area contributed by atoms with Gasteiger partial charge in [0.15, 0.2) is 6.29 Å². The van der Waals surface area contributed by atoms with E-state index in [1.54, 1.807) is 23.1 Å². The average Bonchev–Trinajstić information content (AvgIpc) is 2.77. The Kier molecular flexibility index (Phi) is 3.27. The normalized spacial score (nSPS) is 10.5. The highest BCUT2D eigenvalue weighted by atomic mass is 16.1. The van der Waals surface area contributed by atoms with Crippen LogP contribution in [0.1, 0.15) is 35.6 Å². The van der Waals surface area contributed by atoms with Crippen LogP contribution in [-0.2, 0) is 12.8 Å². The van der Waals surface area contributed by atoms with E-state index < -0.39 is 0 Å². The van der Waals surface area contributed by atoms with Gasteiger partial charge >= 0.3 is 0 Å². The zero-order valence-corrected chi connectivity index (χ0v) is 9.92. The summed E-state index contributed by atoms with van der Waals surface area (Å²) in [5, 5.41) is 4.40. The minimum absolute atomic E-state index is 0.507. The third-order valence-corrected chi connectivity index (χ3v) is 2.63. The Morgan fingerprint density at radius 1 is 1.24 bits per heavy atom. The van der Waals surface area contributed by atoms with Crippen LogP contribution in [0.15, 0.2) is 18.5 Å². The molecule has 0 aliphatic heterocycles. The number of nitrogens with zero attached hydrogens (tertiary/aromatic N) is 4. The fraction of sp³-hybridized carbons (Fsp3) is 0.333. The van der Waals surface area contributed by atoms with Gasteiger partial charge < -0.3 is 0 Å². The molecule has 0 saturated carbocycles. The van der Waals surface area contributed by atoms with E-state index in [1.807, 2.05) is 13.8 Å². The molecule has 0 fully saturated rings. The van der Waals surface area contributed by atoms with E-state index >= 15 is 0 Å². The van der Waals surface area contributed by atoms with Gasteiger partial charge in [-0.05, 0) is 18.9 Å². The topological polar surface area (TPSA) is 60.7 Å². The van der Waals surface area contributed by atoms with Gasteiger partial charge in [0.2, 0.25) is 0 Å². The van der Waals surface area contributed by atoms with Crippen molar-refractivity contribution in [1.29, 1.82) is 0 Å². The van der Waals surface area contributed by atoms with Crippen molar-refractivity contribution in [1.82, 2.24) is 19.7 Å². The van der Waals surface area contributed by atoms with Crippen LogP contribution in [0.4, 0.5) is 0 Å². The van der Waals surface area contributed by atoms with Gasteiger partial charge in [-0.25, -0.2) is 14.6 Å². The van der Waals surface area contributed by atoms with Gasteiger partial charge in [-0.15, -0.1) is 0 Å². The van der Waals surface area contributed by atoms with E-state index in [4.69, 9.17) is 0 Å². The molecule has 0 bridgehead atoms. The second kappa shape index (κ2) is 4.86. The van der Waals surface area contributed by atoms with E-state index in [2.05, 4.69) is 15.1 Å². The SMILES string of the molecule is CCc1nn(-c2ncccn2)c(CC)c1C=O. The van der Waals surface area contributed by atoms with Crippen LogP contribution in [0.5, 0.6) is 0 Å². The zero-order valence-electron chi connectivity index (χ0n) is 9.92. The second-order valence-corrected chi connectivity index (χ2v) is 3.59. The predicted octanol–water partition coefficient (Wildman–Crippen LogP) is 1.60. The molecule has 0 amide bonds. The quantitative estimate of drug-likeness (QED) is 0.748. The van der Waals surface area contributed by atoms with Crippen molar-refractivity contribution >= 4 is 6.29 Å². The molecule has 0 saturated heterocycles. The Labute approximate surface area is 99.5 Å². The summed E-state index contributed by atoms with van der Waals surface area (Å²) in [5.74, 6) is 0.507. The molecular weight excluding hydrogens is 216 g/mol. The highest BCUT2D eigenvalue weighted by Crippen LogP contribution is 2.16. The lowest BCUT2D eigenvalue weighted by Crippen LogP contribution is -2.06. The summed E-state index contributed by atoms with van der Waals surface area (Å²) in [6.45, 7) is 3.97. The van der Waals surface area contributed by atoms with E-state index in [9.17, 15) is 4.79 Å². The fourth-order valence-electron chi connectivity index (χ4n) is 1.82. The molecule has 0 unspecified atom stereocenters. The lowest BCUT2D eigenvalue weighted by atomic mass is 10.1. The third kappa shape index (κ3) is 1.95. The van der Waals surface area contributed by atoms with Crippen molar-refractivity contribution < 1.29 is 4.79 Å². The molecule has 2 rings (SSSR count). The maximum atomic E-state index is 11.1. The molecule has 2 aromatic rings. The maximum Gasteiger partial charge on any atom is 0.250 e. The van der Waals surface area contributed by atoms with Crippen molar-refractivity contribution in [3.8, 4) is 5.95 Å².